The molecule has 1 aliphatic heterocycles. The molecule has 4 N–H and O–H groups in total. The van der Waals surface area contributed by atoms with Gasteiger partial charge < -0.3 is 0 Å². The molecule has 4 aliphatic rings. The van der Waals surface area contributed by atoms with E-state index in [0.29, 0.717) is 10.5 Å². The molecule has 0 spiro atoms. The molecule has 51 heavy (non-hydrogen) atoms. The van der Waals surface area contributed by atoms with Gasteiger partial charge in [0.15, 0.2) is 0 Å². The van der Waals surface area contributed by atoms with Crippen LogP contribution in [0.5, 0.6) is 0 Å². The summed E-state index contributed by atoms with van der Waals surface area (Å²) in [6.45, 7) is 15.1. The molecule has 3 aliphatic carbocycles. The first-order chi connectivity index (χ1) is 24.1. The van der Waals surface area contributed by atoms with Crippen LogP contribution in [-0.4, -0.2) is 73.1 Å². The topological polar surface area (TPSA) is 137 Å². The van der Waals surface area contributed by atoms with Crippen LogP contribution >= 0.6 is 0 Å². The molecular formula is C40H63IN5O5-. The monoisotopic (exact) mass is 820 g/mol. The van der Waals surface area contributed by atoms with Gasteiger partial charge in [-0.1, -0.05) is 0 Å². The number of hydrogen-bond acceptors (Lipinski definition) is 5. The van der Waals surface area contributed by atoms with Crippen molar-refractivity contribution >= 4 is 29.5 Å². The molecule has 5 amide bonds. The van der Waals surface area contributed by atoms with Gasteiger partial charge in [-0.05, 0) is 0 Å². The molecule has 1 heterocycles. The number of halogens is 1. The summed E-state index contributed by atoms with van der Waals surface area (Å²) in [6, 6.07) is -2.20. The Morgan fingerprint density at radius 3 is 2.31 bits per heavy atom. The van der Waals surface area contributed by atoms with Crippen LogP contribution in [0.1, 0.15) is 131 Å². The fourth-order valence-electron chi connectivity index (χ4n) is 8.64. The van der Waals surface area contributed by atoms with E-state index < -0.39 is 54.9 Å². The number of hydrogen-bond donors (Lipinski definition) is 4. The Labute approximate surface area is 316 Å². The number of nitrogens with one attached hydrogen (secondary N) is 4. The van der Waals surface area contributed by atoms with Gasteiger partial charge in [-0.2, -0.15) is 0 Å². The SMILES string of the molecule is C#CCCC(NC(=O)C1C2C(CN1C(=O)C(NC(=O)NC1(CCCC(C)(C)C)CCCCC1)[I-]C1CCCCC1)C2(C)C)C(=O)C(=O)NCC=C. The zero-order valence-corrected chi connectivity index (χ0v) is 33.9. The minimum Gasteiger partial charge on any atom is -0.101 e. The quantitative estimate of drug-likeness (QED) is 0.0474. The van der Waals surface area contributed by atoms with Crippen LogP contribution in [0.15, 0.2) is 12.7 Å². The van der Waals surface area contributed by atoms with Gasteiger partial charge in [0.05, 0.1) is 0 Å². The molecule has 0 bridgehead atoms. The Bertz CT molecular complexity index is 1320. The van der Waals surface area contributed by atoms with E-state index in [2.05, 4.69) is 68.4 Å². The first-order valence-corrected chi connectivity index (χ1v) is 21.8. The Morgan fingerprint density at radius 1 is 1.02 bits per heavy atom. The summed E-state index contributed by atoms with van der Waals surface area (Å²) in [5.74, 6) is 0.292. The zero-order valence-electron chi connectivity index (χ0n) is 31.7. The first kappa shape index (κ1) is 41.1. The van der Waals surface area contributed by atoms with Crippen LogP contribution in [0.25, 0.3) is 0 Å². The molecule has 286 valence electrons. The van der Waals surface area contributed by atoms with E-state index in [1.807, 2.05) is 0 Å². The maximum absolute atomic E-state index is 14.7. The minimum absolute atomic E-state index is 0.0879. The predicted octanol–water partition coefficient (Wildman–Crippen LogP) is 2.21. The molecule has 11 heteroatoms. The average molecular weight is 821 g/mol. The van der Waals surface area contributed by atoms with E-state index in [-0.39, 0.29) is 59.5 Å². The number of alkyl halides is 2. The first-order valence-electron chi connectivity index (χ1n) is 19.3. The van der Waals surface area contributed by atoms with Gasteiger partial charge in [-0.25, -0.2) is 0 Å². The standard InChI is InChI=1S/C40H63IN5O5/c1-8-10-20-29(32(47)35(49)42-25-9-2)43-34(48)31-30-28(39(30,6)7)26-46(31)36(50)33(41-27-18-13-11-14-19-27)44-37(51)45-40(22-15-12-16-23-40)24-17-21-38(3,4)5/h1,9,27-31,33H,2,10-26H2,3-7H3,(H,42,49)(H,43,48)(H2,44,45,51)/q-1. The van der Waals surface area contributed by atoms with Crippen molar-refractivity contribution in [3.63, 3.8) is 0 Å². The minimum atomic E-state index is -1.12. The van der Waals surface area contributed by atoms with Gasteiger partial charge in [-0.3, -0.25) is 0 Å². The Balaban J connectivity index is 1.54. The molecular weight excluding hydrogens is 757 g/mol. The van der Waals surface area contributed by atoms with Gasteiger partial charge in [0.1, 0.15) is 0 Å². The second-order valence-corrected chi connectivity index (χ2v) is 20.9. The van der Waals surface area contributed by atoms with Crippen LogP contribution < -0.4 is 42.5 Å². The van der Waals surface area contributed by atoms with Crippen molar-refractivity contribution in [2.45, 2.75) is 157 Å². The summed E-state index contributed by atoms with van der Waals surface area (Å²) in [4.78, 5) is 70.2. The molecule has 5 atom stereocenters. The van der Waals surface area contributed by atoms with Crippen molar-refractivity contribution in [1.82, 2.24) is 26.2 Å². The molecule has 0 aromatic rings. The number of Topliss-reactive ketones (excluding diaryl/α,β-unsaturated/α-hetero) is 1. The molecule has 1 saturated heterocycles. The third kappa shape index (κ3) is 11.0. The van der Waals surface area contributed by atoms with Crippen molar-refractivity contribution in [2.24, 2.45) is 22.7 Å². The van der Waals surface area contributed by atoms with E-state index in [1.54, 1.807) is 4.90 Å². The summed E-state index contributed by atoms with van der Waals surface area (Å²) in [5, 5.41) is 11.9. The molecule has 5 unspecified atom stereocenters. The summed E-state index contributed by atoms with van der Waals surface area (Å²) in [7, 11) is 0. The van der Waals surface area contributed by atoms with Gasteiger partial charge in [0, 0.05) is 0 Å². The molecule has 4 fully saturated rings. The molecule has 3 saturated carbocycles. The van der Waals surface area contributed by atoms with Gasteiger partial charge in [0.2, 0.25) is 0 Å². The fraction of sp³-hybridized carbons (Fsp3) is 0.775. The number of fused-ring (bicyclic) bond motifs is 1. The smallest absolute Gasteiger partial charge is 0.101 e. The summed E-state index contributed by atoms with van der Waals surface area (Å²) >= 11 is -0.770. The van der Waals surface area contributed by atoms with Crippen molar-refractivity contribution in [1.29, 1.82) is 0 Å². The Morgan fingerprint density at radius 2 is 1.69 bits per heavy atom. The number of terminal acetylenes is 1. The predicted molar refractivity (Wildman–Crippen MR) is 196 cm³/mol. The van der Waals surface area contributed by atoms with Crippen LogP contribution in [0.3, 0.4) is 0 Å². The maximum atomic E-state index is 14.7. The normalized spacial score (nSPS) is 25.0. The van der Waals surface area contributed by atoms with E-state index in [1.165, 1.54) is 18.9 Å². The van der Waals surface area contributed by atoms with Gasteiger partial charge >= 0.3 is 312 Å². The van der Waals surface area contributed by atoms with E-state index in [9.17, 15) is 24.0 Å². The van der Waals surface area contributed by atoms with Crippen molar-refractivity contribution in [3.05, 3.63) is 12.7 Å². The average Bonchev–Trinajstić information content (AvgIpc) is 3.38. The fourth-order valence-corrected chi connectivity index (χ4v) is 12.4. The Hall–Kier alpha value is -2.62. The third-order valence-electron chi connectivity index (χ3n) is 11.7. The molecule has 4 rings (SSSR count). The molecule has 0 aromatic carbocycles. The number of likely N-dealkylation sites (tertiary alicyclic amines) is 1. The van der Waals surface area contributed by atoms with Crippen LogP contribution in [-0.2, 0) is 19.2 Å². The van der Waals surface area contributed by atoms with E-state index in [0.717, 1.165) is 70.6 Å². The van der Waals surface area contributed by atoms with E-state index >= 15 is 0 Å². The summed E-state index contributed by atoms with van der Waals surface area (Å²) in [6.07, 6.45) is 21.1. The van der Waals surface area contributed by atoms with Crippen LogP contribution in [0.2, 0.25) is 0 Å². The molecule has 10 nitrogen and oxygen atoms in total. The summed E-state index contributed by atoms with van der Waals surface area (Å²) in [5.41, 5.74) is -0.206. The van der Waals surface area contributed by atoms with Crippen molar-refractivity contribution < 1.29 is 45.2 Å². The number of carbonyl (C=O) groups is 5. The van der Waals surface area contributed by atoms with Crippen LogP contribution in [0.4, 0.5) is 4.79 Å². The number of rotatable bonds is 16. The zero-order chi connectivity index (χ0) is 37.4. The second kappa shape index (κ2) is 17.9. The number of nitrogens with zero attached hydrogens (tertiary/aromatic N) is 1. The number of amides is 5. The summed E-state index contributed by atoms with van der Waals surface area (Å²) < 4.78 is -0.246. The third-order valence-corrected chi connectivity index (χ3v) is 15.5. The number of piperidine rings is 1. The van der Waals surface area contributed by atoms with Crippen LogP contribution in [0, 0.1) is 35.0 Å². The van der Waals surface area contributed by atoms with Crippen molar-refractivity contribution in [2.75, 3.05) is 13.1 Å². The molecule has 0 radical (unpaired) electrons. The van der Waals surface area contributed by atoms with Gasteiger partial charge in [0.25, 0.3) is 0 Å². The number of ketones is 1. The number of urea groups is 1. The Kier molecular flexibility index (Phi) is 14.5. The second-order valence-electron chi connectivity index (χ2n) is 17.1. The molecule has 0 aromatic heterocycles. The van der Waals surface area contributed by atoms with E-state index in [4.69, 9.17) is 6.42 Å². The number of carbonyl (C=O) groups excluding carboxylic acids is 5. The van der Waals surface area contributed by atoms with Crippen molar-refractivity contribution in [3.8, 4) is 12.3 Å². The van der Waals surface area contributed by atoms with Gasteiger partial charge in [-0.15, -0.1) is 6.58 Å².